The predicted molar refractivity (Wildman–Crippen MR) is 139 cm³/mol. The highest BCUT2D eigenvalue weighted by atomic mass is 127. The fraction of sp³-hybridized carbons (Fsp3) is 0.636. The first kappa shape index (κ1) is 27.5. The van der Waals surface area contributed by atoms with Gasteiger partial charge in [0.1, 0.15) is 29.9 Å². The van der Waals surface area contributed by atoms with Gasteiger partial charge in [-0.25, -0.2) is 19.6 Å². The van der Waals surface area contributed by atoms with Crippen molar-refractivity contribution in [2.75, 3.05) is 11.5 Å². The zero-order valence-corrected chi connectivity index (χ0v) is 24.1. The first-order valence-corrected chi connectivity index (χ1v) is 15.6. The molecule has 11 heteroatoms. The van der Waals surface area contributed by atoms with E-state index in [1.165, 1.54) is 6.33 Å². The van der Waals surface area contributed by atoms with E-state index >= 15 is 0 Å². The van der Waals surface area contributed by atoms with Crippen LogP contribution in [0, 0.1) is 3.70 Å². The van der Waals surface area contributed by atoms with Crippen molar-refractivity contribution in [3.8, 4) is 0 Å². The van der Waals surface area contributed by atoms with E-state index in [0.29, 0.717) is 24.4 Å². The molecule has 0 aliphatic carbocycles. The molecule has 0 saturated carbocycles. The molecule has 2 aromatic rings. The number of fused-ring (bicyclic) bond motifs is 1. The zero-order valence-electron chi connectivity index (χ0n) is 21.0. The number of halogens is 1. The number of nitrogens with zero attached hydrogens (tertiary/aromatic N) is 4. The molecule has 0 radical (unpaired) electrons. The lowest BCUT2D eigenvalue weighted by Crippen LogP contribution is -2.44. The van der Waals surface area contributed by atoms with Gasteiger partial charge in [-0.1, -0.05) is 19.6 Å². The van der Waals surface area contributed by atoms with Gasteiger partial charge in [0.2, 0.25) is 0 Å². The van der Waals surface area contributed by atoms with Gasteiger partial charge in [-0.15, -0.1) is 0 Å². The molecule has 0 aromatic carbocycles. The van der Waals surface area contributed by atoms with Crippen LogP contribution in [0.25, 0.3) is 11.0 Å². The molecule has 2 heterocycles. The van der Waals surface area contributed by atoms with Crippen LogP contribution in [0.3, 0.4) is 0 Å². The van der Waals surface area contributed by atoms with E-state index in [1.807, 2.05) is 10.6 Å². The van der Waals surface area contributed by atoms with Crippen molar-refractivity contribution in [2.45, 2.75) is 85.2 Å². The van der Waals surface area contributed by atoms with E-state index in [9.17, 15) is 9.59 Å². The Kier molecular flexibility index (Phi) is 8.55. The van der Waals surface area contributed by atoms with Gasteiger partial charge in [-0.05, 0) is 76.2 Å². The van der Waals surface area contributed by atoms with Crippen LogP contribution < -0.4 is 4.90 Å². The number of ether oxygens (including phenoxy) is 3. The summed E-state index contributed by atoms with van der Waals surface area (Å²) < 4.78 is 19.6. The molecule has 184 valence electrons. The average Bonchev–Trinajstić information content (AvgIpc) is 2.91. The van der Waals surface area contributed by atoms with Crippen LogP contribution in [0.4, 0.5) is 15.4 Å². The van der Waals surface area contributed by atoms with Crippen LogP contribution in [-0.4, -0.2) is 52.6 Å². The number of hydrogen-bond acceptors (Lipinski definition) is 7. The Morgan fingerprint density at radius 3 is 2.06 bits per heavy atom. The van der Waals surface area contributed by atoms with E-state index in [0.717, 1.165) is 14.6 Å². The van der Waals surface area contributed by atoms with E-state index in [-0.39, 0.29) is 5.82 Å². The summed E-state index contributed by atoms with van der Waals surface area (Å²) >= 11 is 2.17. The largest absolute Gasteiger partial charge is 0.443 e. The van der Waals surface area contributed by atoms with Crippen molar-refractivity contribution in [3.05, 3.63) is 16.1 Å². The molecule has 0 unspecified atom stereocenters. The number of anilines is 1. The maximum Gasteiger partial charge on any atom is 0.425 e. The molecule has 0 saturated heterocycles. The molecule has 0 bridgehead atoms. The number of imide groups is 1. The van der Waals surface area contributed by atoms with Crippen molar-refractivity contribution in [1.29, 1.82) is 0 Å². The molecule has 2 aromatic heterocycles. The van der Waals surface area contributed by atoms with Gasteiger partial charge in [0.05, 0.1) is 9.09 Å². The predicted octanol–water partition coefficient (Wildman–Crippen LogP) is 6.02. The highest BCUT2D eigenvalue weighted by Crippen LogP contribution is 2.30. The van der Waals surface area contributed by atoms with Gasteiger partial charge in [-0.3, -0.25) is 4.57 Å². The zero-order chi connectivity index (χ0) is 25.2. The normalized spacial score (nSPS) is 12.7. The fourth-order valence-electron chi connectivity index (χ4n) is 2.72. The van der Waals surface area contributed by atoms with Gasteiger partial charge in [0.15, 0.2) is 5.82 Å². The summed E-state index contributed by atoms with van der Waals surface area (Å²) in [6, 6.07) is 2.86. The van der Waals surface area contributed by atoms with Crippen molar-refractivity contribution >= 4 is 59.7 Å². The van der Waals surface area contributed by atoms with Gasteiger partial charge in [0, 0.05) is 14.7 Å². The van der Waals surface area contributed by atoms with Crippen LogP contribution in [0.2, 0.25) is 25.7 Å². The van der Waals surface area contributed by atoms with Crippen LogP contribution in [0.1, 0.15) is 41.5 Å². The molecule has 0 N–H and O–H groups in total. The summed E-state index contributed by atoms with van der Waals surface area (Å²) in [4.78, 5) is 35.5. The Hall–Kier alpha value is -1.73. The fourth-order valence-corrected chi connectivity index (χ4v) is 4.15. The van der Waals surface area contributed by atoms with Gasteiger partial charge in [0.25, 0.3) is 0 Å². The molecule has 33 heavy (non-hydrogen) atoms. The standard InChI is InChI=1S/C22H35IN4O5Si/c1-21(2,3)31-19(28)27(20(29)32-22(4,5)6)18-15-12-16(23)26(17(15)24-13-25-18)14-30-10-11-33(7,8)9/h12-13H,10-11,14H2,1-9H3. The molecule has 0 spiro atoms. The monoisotopic (exact) mass is 590 g/mol. The summed E-state index contributed by atoms with van der Waals surface area (Å²) in [7, 11) is -1.21. The topological polar surface area (TPSA) is 95.8 Å². The maximum atomic E-state index is 13.0. The average molecular weight is 591 g/mol. The van der Waals surface area contributed by atoms with Gasteiger partial charge >= 0.3 is 12.2 Å². The third kappa shape index (κ3) is 8.21. The molecule has 2 rings (SSSR count). The second-order valence-electron chi connectivity index (χ2n) is 11.0. The number of carbonyl (C=O) groups excluding carboxylic acids is 2. The Balaban J connectivity index is 2.45. The summed E-state index contributed by atoms with van der Waals surface area (Å²) in [6.45, 7) is 18.2. The van der Waals surface area contributed by atoms with Crippen molar-refractivity contribution in [1.82, 2.24) is 14.5 Å². The minimum atomic E-state index is -1.21. The molecular formula is C22H35IN4O5Si. The summed E-state index contributed by atoms with van der Waals surface area (Å²) in [5.41, 5.74) is -1.07. The quantitative estimate of drug-likeness (QED) is 0.231. The third-order valence-electron chi connectivity index (χ3n) is 4.20. The number of hydrogen-bond donors (Lipinski definition) is 0. The second-order valence-corrected chi connectivity index (χ2v) is 17.7. The van der Waals surface area contributed by atoms with Gasteiger partial charge < -0.3 is 14.2 Å². The lowest BCUT2D eigenvalue weighted by molar-refractivity contribution is 0.0429. The molecule has 0 aliphatic heterocycles. The number of rotatable bonds is 6. The smallest absolute Gasteiger partial charge is 0.425 e. The van der Waals surface area contributed by atoms with E-state index in [2.05, 4.69) is 52.2 Å². The Labute approximate surface area is 210 Å². The van der Waals surface area contributed by atoms with E-state index in [1.54, 1.807) is 41.5 Å². The summed E-state index contributed by atoms with van der Waals surface area (Å²) in [5.74, 6) is 0.0993. The van der Waals surface area contributed by atoms with Crippen LogP contribution in [0.5, 0.6) is 0 Å². The number of carbonyl (C=O) groups is 2. The van der Waals surface area contributed by atoms with Crippen LogP contribution >= 0.6 is 22.6 Å². The van der Waals surface area contributed by atoms with Crippen molar-refractivity contribution < 1.29 is 23.8 Å². The first-order valence-electron chi connectivity index (χ1n) is 10.8. The molecule has 0 fully saturated rings. The van der Waals surface area contributed by atoms with Crippen molar-refractivity contribution in [3.63, 3.8) is 0 Å². The summed E-state index contributed by atoms with van der Waals surface area (Å²) in [6.07, 6.45) is -0.426. The SMILES string of the molecule is CC(C)(C)OC(=O)N(C(=O)OC(C)(C)C)c1ncnc2c1cc(I)n2COCC[Si](C)(C)C. The Morgan fingerprint density at radius 2 is 1.58 bits per heavy atom. The van der Waals surface area contributed by atoms with E-state index < -0.39 is 31.5 Å². The maximum absolute atomic E-state index is 13.0. The van der Waals surface area contributed by atoms with Crippen molar-refractivity contribution in [2.24, 2.45) is 0 Å². The molecule has 0 atom stereocenters. The first-order chi connectivity index (χ1) is 15.0. The minimum Gasteiger partial charge on any atom is -0.443 e. The Morgan fingerprint density at radius 1 is 1.03 bits per heavy atom. The lowest BCUT2D eigenvalue weighted by atomic mass is 10.2. The number of aromatic nitrogens is 3. The van der Waals surface area contributed by atoms with E-state index in [4.69, 9.17) is 14.2 Å². The highest BCUT2D eigenvalue weighted by molar-refractivity contribution is 14.1. The highest BCUT2D eigenvalue weighted by Gasteiger charge is 2.35. The number of amides is 2. The molecule has 9 nitrogen and oxygen atoms in total. The van der Waals surface area contributed by atoms with Crippen LogP contribution in [0.15, 0.2) is 12.4 Å². The third-order valence-corrected chi connectivity index (χ3v) is 6.80. The molecular weight excluding hydrogens is 555 g/mol. The van der Waals surface area contributed by atoms with Gasteiger partial charge in [-0.2, -0.15) is 4.90 Å². The Bertz CT molecular complexity index is 977. The second kappa shape index (κ2) is 10.3. The van der Waals surface area contributed by atoms with Crippen LogP contribution in [-0.2, 0) is 20.9 Å². The lowest BCUT2D eigenvalue weighted by Gasteiger charge is -2.28. The minimum absolute atomic E-state index is 0.0993. The molecule has 0 aliphatic rings. The summed E-state index contributed by atoms with van der Waals surface area (Å²) in [5, 5.41) is 0.521. The molecule has 2 amide bonds.